The molecule has 0 saturated carbocycles. The average molecular weight is 527 g/mol. The highest BCUT2D eigenvalue weighted by atomic mass is 19.4. The van der Waals surface area contributed by atoms with Crippen LogP contribution in [0.2, 0.25) is 0 Å². The number of halogens is 3. The molecule has 4 aromatic heterocycles. The van der Waals surface area contributed by atoms with E-state index in [9.17, 15) is 23.1 Å². The molecule has 0 radical (unpaired) electrons. The van der Waals surface area contributed by atoms with Crippen LogP contribution in [0.5, 0.6) is 0 Å². The van der Waals surface area contributed by atoms with Gasteiger partial charge in [-0.2, -0.15) is 22.8 Å². The summed E-state index contributed by atoms with van der Waals surface area (Å²) in [5.74, 6) is -0.203. The summed E-state index contributed by atoms with van der Waals surface area (Å²) < 4.78 is 50.1. The van der Waals surface area contributed by atoms with Crippen LogP contribution in [0.25, 0.3) is 27.9 Å². The summed E-state index contributed by atoms with van der Waals surface area (Å²) in [6, 6.07) is 9.35. The minimum atomic E-state index is -4.58. The van der Waals surface area contributed by atoms with Gasteiger partial charge in [-0.3, -0.25) is 9.78 Å². The number of carbonyl (C=O) groups is 1. The summed E-state index contributed by atoms with van der Waals surface area (Å²) in [6.45, 7) is 1.05. The van der Waals surface area contributed by atoms with E-state index in [2.05, 4.69) is 25.4 Å². The lowest BCUT2D eigenvalue weighted by Crippen LogP contribution is -2.43. The van der Waals surface area contributed by atoms with Crippen molar-refractivity contribution in [2.45, 2.75) is 31.9 Å². The summed E-state index contributed by atoms with van der Waals surface area (Å²) in [7, 11) is 1.52. The first-order valence-corrected chi connectivity index (χ1v) is 11.3. The smallest absolute Gasteiger partial charge is 0.380 e. The molecule has 1 aromatic carbocycles. The number of pyridine rings is 1. The van der Waals surface area contributed by atoms with E-state index in [4.69, 9.17) is 9.26 Å². The molecule has 11 nitrogen and oxygen atoms in total. The van der Waals surface area contributed by atoms with Crippen molar-refractivity contribution < 1.29 is 32.3 Å². The van der Waals surface area contributed by atoms with E-state index in [1.807, 2.05) is 5.32 Å². The highest BCUT2D eigenvalue weighted by Crippen LogP contribution is 2.30. The molecule has 5 rings (SSSR count). The van der Waals surface area contributed by atoms with Crippen LogP contribution in [0.4, 0.5) is 13.2 Å². The Kier molecular flexibility index (Phi) is 6.50. The van der Waals surface area contributed by atoms with Gasteiger partial charge in [-0.15, -0.1) is 10.2 Å². The second-order valence-electron chi connectivity index (χ2n) is 8.41. The van der Waals surface area contributed by atoms with Crippen LogP contribution < -0.4 is 5.32 Å². The number of aromatic nitrogens is 6. The summed E-state index contributed by atoms with van der Waals surface area (Å²) >= 11 is 0. The zero-order valence-corrected chi connectivity index (χ0v) is 20.0. The van der Waals surface area contributed by atoms with E-state index in [0.717, 1.165) is 13.1 Å². The molecule has 2 N–H and O–H groups in total. The number of ether oxygens (including phenoxy) is 1. The lowest BCUT2D eigenvalue weighted by Gasteiger charge is -2.17. The van der Waals surface area contributed by atoms with Gasteiger partial charge in [0.15, 0.2) is 17.1 Å². The van der Waals surface area contributed by atoms with Gasteiger partial charge in [0.25, 0.3) is 5.91 Å². The van der Waals surface area contributed by atoms with Gasteiger partial charge in [-0.05, 0) is 19.1 Å². The maximum atomic E-state index is 12.8. The zero-order chi connectivity index (χ0) is 27.0. The van der Waals surface area contributed by atoms with Crippen molar-refractivity contribution in [3.05, 3.63) is 71.4 Å². The second kappa shape index (κ2) is 9.79. The molecule has 14 heteroatoms. The molecule has 0 saturated heterocycles. The van der Waals surface area contributed by atoms with Crippen molar-refractivity contribution in [2.24, 2.45) is 0 Å². The summed E-state index contributed by atoms with van der Waals surface area (Å²) in [6.07, 6.45) is -4.84. The van der Waals surface area contributed by atoms with Crippen LogP contribution in [-0.4, -0.2) is 60.3 Å². The van der Waals surface area contributed by atoms with Crippen LogP contribution >= 0.6 is 0 Å². The summed E-state index contributed by atoms with van der Waals surface area (Å²) in [5, 5.41) is 31.3. The minimum absolute atomic E-state index is 0.0932. The molecule has 2 unspecified atom stereocenters. The topological polar surface area (TPSA) is 141 Å². The van der Waals surface area contributed by atoms with Crippen LogP contribution in [0.15, 0.2) is 53.2 Å². The molecular formula is C24H20F3N7O4. The molecule has 0 bridgehead atoms. The molecular weight excluding hydrogens is 507 g/mol. The van der Waals surface area contributed by atoms with Crippen molar-refractivity contribution in [3.63, 3.8) is 0 Å². The Morgan fingerprint density at radius 2 is 1.95 bits per heavy atom. The number of benzene rings is 1. The third-order valence-electron chi connectivity index (χ3n) is 5.79. The number of nitrogens with zero attached hydrogens (tertiary/aromatic N) is 6. The number of hydrogen-bond acceptors (Lipinski definition) is 9. The first-order chi connectivity index (χ1) is 18.2. The fourth-order valence-corrected chi connectivity index (χ4v) is 3.80. The number of hydrogen-bond donors (Lipinski definition) is 2. The Bertz CT molecular complexity index is 1620. The highest BCUT2D eigenvalue weighted by Gasteiger charge is 2.37. The molecule has 2 atom stereocenters. The van der Waals surface area contributed by atoms with Crippen LogP contribution in [0, 0.1) is 0 Å². The van der Waals surface area contributed by atoms with E-state index < -0.39 is 24.2 Å². The van der Waals surface area contributed by atoms with Gasteiger partial charge < -0.3 is 19.7 Å². The number of fused-ring (bicyclic) bond motifs is 3. The van der Waals surface area contributed by atoms with Crippen molar-refractivity contribution in [2.75, 3.05) is 7.11 Å². The third kappa shape index (κ3) is 4.66. The van der Waals surface area contributed by atoms with Gasteiger partial charge >= 0.3 is 6.18 Å². The largest absolute Gasteiger partial charge is 0.408 e. The molecule has 38 heavy (non-hydrogen) atoms. The van der Waals surface area contributed by atoms with Crippen molar-refractivity contribution >= 4 is 22.3 Å². The molecule has 1 amide bonds. The fraction of sp³-hybridized carbons (Fsp3) is 0.250. The third-order valence-corrected chi connectivity index (χ3v) is 5.79. The van der Waals surface area contributed by atoms with Crippen molar-refractivity contribution in [1.82, 2.24) is 35.3 Å². The van der Waals surface area contributed by atoms with Crippen LogP contribution in [-0.2, 0) is 11.3 Å². The first-order valence-electron chi connectivity index (χ1n) is 11.3. The minimum Gasteiger partial charge on any atom is -0.380 e. The van der Waals surface area contributed by atoms with Gasteiger partial charge in [0.05, 0.1) is 11.3 Å². The Balaban J connectivity index is 1.52. The molecule has 0 fully saturated rings. The Morgan fingerprint density at radius 3 is 2.63 bits per heavy atom. The number of amides is 1. The molecule has 196 valence electrons. The standard InChI is InChI=1S/C24H20F3N7O4/c1-12(24(25,26)27)29-23(36)13-7-8-17(28-10-13)20(35)19-15-5-3-4-6-16(15)21-30-31-22(34(21)32-19)18-9-14(11-37-2)38-33-18/h3-10,12,20,35H,11H2,1-2H3,(H,29,36). The number of methoxy groups -OCH3 is 1. The monoisotopic (exact) mass is 527 g/mol. The fourth-order valence-electron chi connectivity index (χ4n) is 3.80. The number of aliphatic hydroxyl groups is 1. The molecule has 0 aliphatic rings. The first kappa shape index (κ1) is 25.2. The normalized spacial score (nSPS) is 13.6. The van der Waals surface area contributed by atoms with Gasteiger partial charge in [0.2, 0.25) is 5.82 Å². The second-order valence-corrected chi connectivity index (χ2v) is 8.41. The number of rotatable bonds is 7. The van der Waals surface area contributed by atoms with Gasteiger partial charge in [0.1, 0.15) is 24.4 Å². The number of carbonyl (C=O) groups excluding carboxylic acids is 1. The Morgan fingerprint density at radius 1 is 1.18 bits per heavy atom. The predicted molar refractivity (Wildman–Crippen MR) is 126 cm³/mol. The maximum absolute atomic E-state index is 12.8. The van der Waals surface area contributed by atoms with Gasteiger partial charge in [0, 0.05) is 30.1 Å². The average Bonchev–Trinajstić information content (AvgIpc) is 3.54. The lowest BCUT2D eigenvalue weighted by atomic mass is 10.0. The Hall–Kier alpha value is -4.43. The molecule has 4 heterocycles. The Labute approximate surface area is 212 Å². The number of nitrogens with one attached hydrogen (secondary N) is 1. The van der Waals surface area contributed by atoms with E-state index in [1.54, 1.807) is 30.3 Å². The molecule has 0 aliphatic heterocycles. The highest BCUT2D eigenvalue weighted by molar-refractivity contribution is 5.96. The van der Waals surface area contributed by atoms with Crippen molar-refractivity contribution in [3.8, 4) is 11.5 Å². The molecule has 5 aromatic rings. The van der Waals surface area contributed by atoms with E-state index in [-0.39, 0.29) is 29.4 Å². The lowest BCUT2D eigenvalue weighted by molar-refractivity contribution is -0.149. The maximum Gasteiger partial charge on any atom is 0.408 e. The van der Waals surface area contributed by atoms with Gasteiger partial charge in [-0.1, -0.05) is 29.4 Å². The number of aliphatic hydroxyl groups excluding tert-OH is 1. The van der Waals surface area contributed by atoms with Crippen LogP contribution in [0.3, 0.4) is 0 Å². The zero-order valence-electron chi connectivity index (χ0n) is 20.0. The molecule has 0 aliphatic carbocycles. The van der Waals surface area contributed by atoms with E-state index in [1.165, 1.54) is 23.8 Å². The quantitative estimate of drug-likeness (QED) is 0.326. The SMILES string of the molecule is COCc1cc(-c2nnc3c4ccccc4c(C(O)c4ccc(C(=O)NC(C)C(F)(F)F)cn4)nn23)no1. The summed E-state index contributed by atoms with van der Waals surface area (Å²) in [4.78, 5) is 16.3. The van der Waals surface area contributed by atoms with E-state index >= 15 is 0 Å². The van der Waals surface area contributed by atoms with Crippen molar-refractivity contribution in [1.29, 1.82) is 0 Å². The van der Waals surface area contributed by atoms with Crippen LogP contribution in [0.1, 0.15) is 40.5 Å². The van der Waals surface area contributed by atoms with E-state index in [0.29, 0.717) is 27.9 Å². The molecule has 0 spiro atoms. The number of alkyl halides is 3. The summed E-state index contributed by atoms with van der Waals surface area (Å²) in [5.41, 5.74) is 1.02. The van der Waals surface area contributed by atoms with Gasteiger partial charge in [-0.25, -0.2) is 0 Å². The predicted octanol–water partition coefficient (Wildman–Crippen LogP) is 3.24.